The number of hydrogen-bond acceptors (Lipinski definition) is 2. The smallest absolute Gasteiger partial charge is 0.326 e. The van der Waals surface area contributed by atoms with Crippen molar-refractivity contribution in [2.24, 2.45) is 5.92 Å². The summed E-state index contributed by atoms with van der Waals surface area (Å²) < 4.78 is 0. The first-order valence-corrected chi connectivity index (χ1v) is 5.84. The number of amides is 2. The molecule has 0 aromatic carbocycles. The van der Waals surface area contributed by atoms with Gasteiger partial charge in [-0.3, -0.25) is 0 Å². The second-order valence-corrected chi connectivity index (χ2v) is 4.47. The molecule has 3 atom stereocenters. The van der Waals surface area contributed by atoms with Crippen LogP contribution in [0.2, 0.25) is 0 Å². The van der Waals surface area contributed by atoms with Gasteiger partial charge in [0.2, 0.25) is 0 Å². The Morgan fingerprint density at radius 2 is 2.12 bits per heavy atom. The van der Waals surface area contributed by atoms with E-state index in [1.165, 1.54) is 0 Å². The number of nitrogens with one attached hydrogen (secondary N) is 2. The number of hydrogen-bond donors (Lipinski definition) is 3. The normalized spacial score (nSPS) is 24.6. The first-order chi connectivity index (χ1) is 7.54. The molecule has 5 heteroatoms. The fourth-order valence-electron chi connectivity index (χ4n) is 1.56. The molecule has 2 amide bonds. The summed E-state index contributed by atoms with van der Waals surface area (Å²) in [4.78, 5) is 22.3. The predicted molar refractivity (Wildman–Crippen MR) is 60.2 cm³/mol. The first kappa shape index (κ1) is 12.8. The van der Waals surface area contributed by atoms with Crippen molar-refractivity contribution in [2.45, 2.75) is 51.6 Å². The molecule has 1 saturated carbocycles. The summed E-state index contributed by atoms with van der Waals surface area (Å²) in [6.45, 7) is 4.04. The SMILES string of the molecule is CCCCC(NC(=O)NC1CC1C)C(=O)O. The van der Waals surface area contributed by atoms with E-state index >= 15 is 0 Å². The lowest BCUT2D eigenvalue weighted by Gasteiger charge is -2.14. The molecule has 0 aromatic rings. The van der Waals surface area contributed by atoms with E-state index in [-0.39, 0.29) is 12.1 Å². The number of rotatable bonds is 6. The van der Waals surface area contributed by atoms with Gasteiger partial charge in [0.25, 0.3) is 0 Å². The highest BCUT2D eigenvalue weighted by Crippen LogP contribution is 2.28. The van der Waals surface area contributed by atoms with Crippen molar-refractivity contribution >= 4 is 12.0 Å². The average Bonchev–Trinajstić information content (AvgIpc) is 2.88. The van der Waals surface area contributed by atoms with Gasteiger partial charge < -0.3 is 15.7 Å². The highest BCUT2D eigenvalue weighted by molar-refractivity contribution is 5.82. The standard InChI is InChI=1S/C11H20N2O3/c1-3-4-5-8(10(14)15)12-11(16)13-9-6-7(9)2/h7-9H,3-6H2,1-2H3,(H,14,15)(H2,12,13,16). The molecule has 92 valence electrons. The molecule has 5 nitrogen and oxygen atoms in total. The van der Waals surface area contributed by atoms with Gasteiger partial charge in [-0.05, 0) is 18.8 Å². The van der Waals surface area contributed by atoms with Crippen molar-refractivity contribution in [1.29, 1.82) is 0 Å². The highest BCUT2D eigenvalue weighted by atomic mass is 16.4. The number of carboxylic acids is 1. The summed E-state index contributed by atoms with van der Waals surface area (Å²) in [5.74, 6) is -0.447. The molecular weight excluding hydrogens is 208 g/mol. The van der Waals surface area contributed by atoms with Gasteiger partial charge in [0, 0.05) is 6.04 Å². The number of carbonyl (C=O) groups excluding carboxylic acids is 1. The Bertz CT molecular complexity index is 268. The van der Waals surface area contributed by atoms with Gasteiger partial charge in [0.15, 0.2) is 0 Å². The van der Waals surface area contributed by atoms with Gasteiger partial charge in [-0.1, -0.05) is 26.7 Å². The summed E-state index contributed by atoms with van der Waals surface area (Å²) in [7, 11) is 0. The first-order valence-electron chi connectivity index (χ1n) is 5.84. The van der Waals surface area contributed by atoms with Gasteiger partial charge in [-0.15, -0.1) is 0 Å². The van der Waals surface area contributed by atoms with Crippen LogP contribution >= 0.6 is 0 Å². The van der Waals surface area contributed by atoms with Crippen molar-refractivity contribution < 1.29 is 14.7 Å². The molecule has 1 aliphatic rings. The van der Waals surface area contributed by atoms with E-state index in [9.17, 15) is 9.59 Å². The van der Waals surface area contributed by atoms with Gasteiger partial charge in [0.1, 0.15) is 6.04 Å². The van der Waals surface area contributed by atoms with Crippen LogP contribution in [0.4, 0.5) is 4.79 Å². The number of urea groups is 1. The molecule has 0 radical (unpaired) electrons. The van der Waals surface area contributed by atoms with Crippen LogP contribution in [-0.2, 0) is 4.79 Å². The molecule has 0 saturated heterocycles. The fraction of sp³-hybridized carbons (Fsp3) is 0.818. The van der Waals surface area contributed by atoms with E-state index < -0.39 is 12.0 Å². The fourth-order valence-corrected chi connectivity index (χ4v) is 1.56. The maximum Gasteiger partial charge on any atom is 0.326 e. The Balaban J connectivity index is 2.29. The molecule has 0 bridgehead atoms. The van der Waals surface area contributed by atoms with E-state index in [4.69, 9.17) is 5.11 Å². The zero-order valence-electron chi connectivity index (χ0n) is 9.82. The van der Waals surface area contributed by atoms with Crippen LogP contribution in [0, 0.1) is 5.92 Å². The largest absolute Gasteiger partial charge is 0.480 e. The monoisotopic (exact) mass is 228 g/mol. The quantitative estimate of drug-likeness (QED) is 0.642. The van der Waals surface area contributed by atoms with Gasteiger partial charge in [0.05, 0.1) is 0 Å². The van der Waals surface area contributed by atoms with E-state index in [0.29, 0.717) is 12.3 Å². The van der Waals surface area contributed by atoms with Gasteiger partial charge in [-0.2, -0.15) is 0 Å². The third-order valence-electron chi connectivity index (χ3n) is 2.88. The van der Waals surface area contributed by atoms with Crippen LogP contribution in [0.1, 0.15) is 39.5 Å². The summed E-state index contributed by atoms with van der Waals surface area (Å²) in [6.07, 6.45) is 3.20. The Labute approximate surface area is 95.6 Å². The molecule has 3 N–H and O–H groups in total. The van der Waals surface area contributed by atoms with Crippen LogP contribution in [0.3, 0.4) is 0 Å². The number of carbonyl (C=O) groups is 2. The molecule has 3 unspecified atom stereocenters. The van der Waals surface area contributed by atoms with E-state index in [0.717, 1.165) is 19.3 Å². The molecule has 1 rings (SSSR count). The van der Waals surface area contributed by atoms with Crippen LogP contribution in [-0.4, -0.2) is 29.2 Å². The van der Waals surface area contributed by atoms with E-state index in [1.54, 1.807) is 0 Å². The highest BCUT2D eigenvalue weighted by Gasteiger charge is 2.34. The second-order valence-electron chi connectivity index (χ2n) is 4.47. The second kappa shape index (κ2) is 5.72. The number of unbranched alkanes of at least 4 members (excludes halogenated alkanes) is 1. The molecule has 1 aliphatic carbocycles. The summed E-state index contributed by atoms with van der Waals surface area (Å²) >= 11 is 0. The Morgan fingerprint density at radius 1 is 1.50 bits per heavy atom. The topological polar surface area (TPSA) is 78.4 Å². The third-order valence-corrected chi connectivity index (χ3v) is 2.88. The van der Waals surface area contributed by atoms with E-state index in [2.05, 4.69) is 17.6 Å². The zero-order chi connectivity index (χ0) is 12.1. The van der Waals surface area contributed by atoms with Crippen molar-refractivity contribution in [3.63, 3.8) is 0 Å². The van der Waals surface area contributed by atoms with Crippen LogP contribution in [0.15, 0.2) is 0 Å². The Kier molecular flexibility index (Phi) is 4.58. The number of carboxylic acid groups (broad SMARTS) is 1. The lowest BCUT2D eigenvalue weighted by molar-refractivity contribution is -0.139. The maximum atomic E-state index is 11.4. The van der Waals surface area contributed by atoms with Gasteiger partial charge in [-0.25, -0.2) is 9.59 Å². The van der Waals surface area contributed by atoms with Gasteiger partial charge >= 0.3 is 12.0 Å². The molecule has 1 fully saturated rings. The lowest BCUT2D eigenvalue weighted by Crippen LogP contribution is -2.46. The predicted octanol–water partition coefficient (Wildman–Crippen LogP) is 1.34. The molecule has 0 aliphatic heterocycles. The maximum absolute atomic E-state index is 11.4. The van der Waals surface area contributed by atoms with E-state index in [1.807, 2.05) is 6.92 Å². The summed E-state index contributed by atoms with van der Waals surface area (Å²) in [5, 5.41) is 14.2. The lowest BCUT2D eigenvalue weighted by atomic mass is 10.1. The van der Waals surface area contributed by atoms with Crippen molar-refractivity contribution in [3.05, 3.63) is 0 Å². The van der Waals surface area contributed by atoms with Crippen LogP contribution in [0.5, 0.6) is 0 Å². The minimum Gasteiger partial charge on any atom is -0.480 e. The Hall–Kier alpha value is -1.26. The minimum absolute atomic E-state index is 0.223. The van der Waals surface area contributed by atoms with Crippen molar-refractivity contribution in [1.82, 2.24) is 10.6 Å². The zero-order valence-corrected chi connectivity index (χ0v) is 9.82. The Morgan fingerprint density at radius 3 is 2.56 bits per heavy atom. The molecule has 16 heavy (non-hydrogen) atoms. The molecule has 0 spiro atoms. The summed E-state index contributed by atoms with van der Waals surface area (Å²) in [6, 6.07) is -0.910. The number of aliphatic carboxylic acids is 1. The summed E-state index contributed by atoms with van der Waals surface area (Å²) in [5.41, 5.74) is 0. The molecule has 0 heterocycles. The van der Waals surface area contributed by atoms with Crippen molar-refractivity contribution in [2.75, 3.05) is 0 Å². The molecule has 0 aromatic heterocycles. The minimum atomic E-state index is -0.965. The van der Waals surface area contributed by atoms with Crippen LogP contribution < -0.4 is 10.6 Å². The van der Waals surface area contributed by atoms with Crippen molar-refractivity contribution in [3.8, 4) is 0 Å². The van der Waals surface area contributed by atoms with Crippen LogP contribution in [0.25, 0.3) is 0 Å². The average molecular weight is 228 g/mol. The third kappa shape index (κ3) is 4.08. The molecular formula is C11H20N2O3.